The molecule has 0 saturated heterocycles. The summed E-state index contributed by atoms with van der Waals surface area (Å²) in [5.41, 5.74) is 3.15. The van der Waals surface area contributed by atoms with Gasteiger partial charge >= 0.3 is 0 Å². The molecule has 2 N–H and O–H groups in total. The first-order valence-corrected chi connectivity index (χ1v) is 6.07. The second-order valence-electron chi connectivity index (χ2n) is 4.89. The summed E-state index contributed by atoms with van der Waals surface area (Å²) in [5.74, 6) is 0.572. The molecular formula is C14H22N2O. The lowest BCUT2D eigenvalue weighted by Crippen LogP contribution is -2.30. The van der Waals surface area contributed by atoms with Crippen molar-refractivity contribution in [1.82, 2.24) is 5.32 Å². The van der Waals surface area contributed by atoms with Crippen molar-refractivity contribution in [2.45, 2.75) is 27.7 Å². The minimum Gasteiger partial charge on any atom is -0.325 e. The van der Waals surface area contributed by atoms with Crippen molar-refractivity contribution in [2.75, 3.05) is 18.4 Å². The Labute approximate surface area is 104 Å². The van der Waals surface area contributed by atoms with Gasteiger partial charge in [-0.05, 0) is 43.5 Å². The van der Waals surface area contributed by atoms with Gasteiger partial charge in [0.15, 0.2) is 0 Å². The Balaban J connectivity index is 2.47. The Morgan fingerprint density at radius 1 is 1.29 bits per heavy atom. The predicted octanol–water partition coefficient (Wildman–Crippen LogP) is 2.49. The highest BCUT2D eigenvalue weighted by Gasteiger charge is 2.04. The number of hydrogen-bond donors (Lipinski definition) is 2. The van der Waals surface area contributed by atoms with Gasteiger partial charge in [0.1, 0.15) is 0 Å². The van der Waals surface area contributed by atoms with E-state index < -0.39 is 0 Å². The number of aryl methyl sites for hydroxylation is 2. The van der Waals surface area contributed by atoms with Crippen LogP contribution in [0, 0.1) is 19.8 Å². The molecule has 0 heterocycles. The lowest BCUT2D eigenvalue weighted by molar-refractivity contribution is -0.115. The van der Waals surface area contributed by atoms with Gasteiger partial charge in [0.25, 0.3) is 0 Å². The molecule has 0 unspecified atom stereocenters. The summed E-state index contributed by atoms with van der Waals surface area (Å²) in [6.07, 6.45) is 0. The van der Waals surface area contributed by atoms with Gasteiger partial charge in [0.05, 0.1) is 6.54 Å². The lowest BCUT2D eigenvalue weighted by Gasteiger charge is -2.10. The van der Waals surface area contributed by atoms with Crippen molar-refractivity contribution in [3.63, 3.8) is 0 Å². The van der Waals surface area contributed by atoms with Gasteiger partial charge in [-0.1, -0.05) is 26.0 Å². The van der Waals surface area contributed by atoms with Crippen LogP contribution in [0.2, 0.25) is 0 Å². The van der Waals surface area contributed by atoms with Crippen LogP contribution >= 0.6 is 0 Å². The number of amides is 1. The van der Waals surface area contributed by atoms with Gasteiger partial charge in [-0.2, -0.15) is 0 Å². The van der Waals surface area contributed by atoms with Crippen molar-refractivity contribution in [3.05, 3.63) is 29.3 Å². The van der Waals surface area contributed by atoms with E-state index in [1.165, 1.54) is 0 Å². The Kier molecular flexibility index (Phi) is 5.16. The van der Waals surface area contributed by atoms with Crippen LogP contribution in [0.25, 0.3) is 0 Å². The molecule has 0 radical (unpaired) electrons. The van der Waals surface area contributed by atoms with E-state index in [2.05, 4.69) is 24.5 Å². The average Bonchev–Trinajstić information content (AvgIpc) is 2.23. The fourth-order valence-corrected chi connectivity index (χ4v) is 1.54. The molecule has 0 bridgehead atoms. The number of carbonyl (C=O) groups excluding carboxylic acids is 1. The van der Waals surface area contributed by atoms with Gasteiger partial charge in [0.2, 0.25) is 5.91 Å². The molecule has 0 aromatic heterocycles. The van der Waals surface area contributed by atoms with E-state index in [1.54, 1.807) is 0 Å². The summed E-state index contributed by atoms with van der Waals surface area (Å²) >= 11 is 0. The third kappa shape index (κ3) is 5.00. The maximum atomic E-state index is 11.7. The Hall–Kier alpha value is -1.35. The van der Waals surface area contributed by atoms with Crippen LogP contribution in [0.5, 0.6) is 0 Å². The highest BCUT2D eigenvalue weighted by molar-refractivity contribution is 5.93. The van der Waals surface area contributed by atoms with E-state index in [9.17, 15) is 4.79 Å². The first-order valence-electron chi connectivity index (χ1n) is 6.07. The van der Waals surface area contributed by atoms with Gasteiger partial charge in [-0.25, -0.2) is 0 Å². The van der Waals surface area contributed by atoms with Crippen molar-refractivity contribution in [1.29, 1.82) is 0 Å². The zero-order valence-electron chi connectivity index (χ0n) is 11.1. The van der Waals surface area contributed by atoms with E-state index in [0.717, 1.165) is 23.4 Å². The van der Waals surface area contributed by atoms with Crippen molar-refractivity contribution in [3.8, 4) is 0 Å². The molecule has 1 amide bonds. The zero-order valence-corrected chi connectivity index (χ0v) is 11.1. The predicted molar refractivity (Wildman–Crippen MR) is 72.3 cm³/mol. The van der Waals surface area contributed by atoms with Crippen molar-refractivity contribution in [2.24, 2.45) is 5.92 Å². The standard InChI is InChI=1S/C14H22N2O/c1-10(2)8-15-9-14(17)16-13-7-11(3)5-6-12(13)4/h5-7,10,15H,8-9H2,1-4H3,(H,16,17). The highest BCUT2D eigenvalue weighted by atomic mass is 16.1. The molecule has 3 nitrogen and oxygen atoms in total. The number of nitrogens with one attached hydrogen (secondary N) is 2. The molecule has 0 saturated carbocycles. The summed E-state index contributed by atoms with van der Waals surface area (Å²) in [4.78, 5) is 11.7. The third-order valence-corrected chi connectivity index (χ3v) is 2.51. The van der Waals surface area contributed by atoms with Gasteiger partial charge < -0.3 is 10.6 Å². The quantitative estimate of drug-likeness (QED) is 0.822. The number of carbonyl (C=O) groups is 1. The number of rotatable bonds is 5. The Morgan fingerprint density at radius 3 is 2.65 bits per heavy atom. The summed E-state index contributed by atoms with van der Waals surface area (Å²) in [7, 11) is 0. The second-order valence-corrected chi connectivity index (χ2v) is 4.89. The molecule has 3 heteroatoms. The fourth-order valence-electron chi connectivity index (χ4n) is 1.54. The van der Waals surface area contributed by atoms with Crippen LogP contribution in [0.1, 0.15) is 25.0 Å². The highest BCUT2D eigenvalue weighted by Crippen LogP contribution is 2.15. The van der Waals surface area contributed by atoms with E-state index in [4.69, 9.17) is 0 Å². The Morgan fingerprint density at radius 2 is 2.00 bits per heavy atom. The van der Waals surface area contributed by atoms with E-state index >= 15 is 0 Å². The summed E-state index contributed by atoms with van der Waals surface area (Å²) in [6, 6.07) is 6.06. The SMILES string of the molecule is Cc1ccc(C)c(NC(=O)CNCC(C)C)c1. The molecule has 0 fully saturated rings. The first-order chi connectivity index (χ1) is 7.99. The maximum absolute atomic E-state index is 11.7. The van der Waals surface area contributed by atoms with Crippen LogP contribution in [0.4, 0.5) is 5.69 Å². The van der Waals surface area contributed by atoms with Gasteiger partial charge in [0, 0.05) is 5.69 Å². The molecule has 1 rings (SSSR count). The van der Waals surface area contributed by atoms with Crippen LogP contribution < -0.4 is 10.6 Å². The van der Waals surface area contributed by atoms with Crippen molar-refractivity contribution >= 4 is 11.6 Å². The lowest BCUT2D eigenvalue weighted by atomic mass is 10.1. The number of hydrogen-bond acceptors (Lipinski definition) is 2. The minimum absolute atomic E-state index is 0.0133. The normalized spacial score (nSPS) is 10.6. The van der Waals surface area contributed by atoms with E-state index in [-0.39, 0.29) is 5.91 Å². The molecule has 0 aliphatic heterocycles. The second kappa shape index (κ2) is 6.40. The zero-order chi connectivity index (χ0) is 12.8. The van der Waals surface area contributed by atoms with Crippen LogP contribution in [-0.4, -0.2) is 19.0 Å². The van der Waals surface area contributed by atoms with Crippen LogP contribution in [0.3, 0.4) is 0 Å². The Bertz CT molecular complexity index is 386. The molecular weight excluding hydrogens is 212 g/mol. The average molecular weight is 234 g/mol. The molecule has 17 heavy (non-hydrogen) atoms. The topological polar surface area (TPSA) is 41.1 Å². The maximum Gasteiger partial charge on any atom is 0.238 e. The number of anilines is 1. The largest absolute Gasteiger partial charge is 0.325 e. The molecule has 0 aliphatic rings. The van der Waals surface area contributed by atoms with Crippen LogP contribution in [0.15, 0.2) is 18.2 Å². The molecule has 1 aromatic carbocycles. The van der Waals surface area contributed by atoms with Gasteiger partial charge in [-0.15, -0.1) is 0 Å². The summed E-state index contributed by atoms with van der Waals surface area (Å²) < 4.78 is 0. The van der Waals surface area contributed by atoms with E-state index in [0.29, 0.717) is 12.5 Å². The first kappa shape index (κ1) is 13.7. The molecule has 0 spiro atoms. The summed E-state index contributed by atoms with van der Waals surface area (Å²) in [6.45, 7) is 9.49. The van der Waals surface area contributed by atoms with Crippen molar-refractivity contribution < 1.29 is 4.79 Å². The van der Waals surface area contributed by atoms with Gasteiger partial charge in [-0.3, -0.25) is 4.79 Å². The molecule has 0 aliphatic carbocycles. The third-order valence-electron chi connectivity index (χ3n) is 2.51. The fraction of sp³-hybridized carbons (Fsp3) is 0.500. The minimum atomic E-state index is 0.0133. The van der Waals surface area contributed by atoms with Crippen LogP contribution in [-0.2, 0) is 4.79 Å². The molecule has 1 aromatic rings. The molecule has 94 valence electrons. The number of benzene rings is 1. The molecule has 0 atom stereocenters. The van der Waals surface area contributed by atoms with E-state index in [1.807, 2.05) is 32.0 Å². The smallest absolute Gasteiger partial charge is 0.238 e. The summed E-state index contributed by atoms with van der Waals surface area (Å²) in [5, 5.41) is 6.05. The monoisotopic (exact) mass is 234 g/mol.